The maximum atomic E-state index is 12.3. The van der Waals surface area contributed by atoms with Crippen LogP contribution in [0.15, 0.2) is 35.0 Å². The second kappa shape index (κ2) is 6.32. The summed E-state index contributed by atoms with van der Waals surface area (Å²) in [5, 5.41) is 11.1. The zero-order valence-corrected chi connectivity index (χ0v) is 13.9. The largest absolute Gasteiger partial charge is 0.442 e. The fourth-order valence-electron chi connectivity index (χ4n) is 1.94. The Morgan fingerprint density at radius 1 is 1.16 bits per heavy atom. The van der Waals surface area contributed by atoms with E-state index >= 15 is 0 Å². The molecular weight excluding hydrogens is 326 g/mol. The highest BCUT2D eigenvalue weighted by molar-refractivity contribution is 5.91. The first-order chi connectivity index (χ1) is 11.8. The van der Waals surface area contributed by atoms with Crippen molar-refractivity contribution in [2.75, 3.05) is 10.3 Å². The second-order valence-electron chi connectivity index (χ2n) is 6.15. The number of anilines is 3. The van der Waals surface area contributed by atoms with Gasteiger partial charge in [-0.1, -0.05) is 18.2 Å². The monoisotopic (exact) mass is 343 g/mol. The van der Waals surface area contributed by atoms with E-state index in [1.54, 1.807) is 20.8 Å². The van der Waals surface area contributed by atoms with Crippen molar-refractivity contribution in [2.45, 2.75) is 26.4 Å². The van der Waals surface area contributed by atoms with Crippen LogP contribution in [-0.4, -0.2) is 32.0 Å². The molecule has 0 saturated heterocycles. The van der Waals surface area contributed by atoms with Gasteiger partial charge in [-0.05, 0) is 43.2 Å². The molecule has 10 nitrogen and oxygen atoms in total. The van der Waals surface area contributed by atoms with Gasteiger partial charge in [0, 0.05) is 5.69 Å². The van der Waals surface area contributed by atoms with Gasteiger partial charge in [-0.3, -0.25) is 0 Å². The number of carbonyl (C=O) groups excluding carboxylic acids is 1. The first-order valence-electron chi connectivity index (χ1n) is 7.44. The molecule has 0 aliphatic carbocycles. The Balaban J connectivity index is 1.99. The first-order valence-corrected chi connectivity index (χ1v) is 7.44. The fourth-order valence-corrected chi connectivity index (χ4v) is 1.94. The van der Waals surface area contributed by atoms with Crippen LogP contribution in [0.25, 0.3) is 11.3 Å². The lowest BCUT2D eigenvalue weighted by molar-refractivity contribution is 0.0579. The molecule has 0 aliphatic heterocycles. The summed E-state index contributed by atoms with van der Waals surface area (Å²) in [6.07, 6.45) is -0.784. The standard InChI is InChI=1S/C15H17N7O3/c1-15(2,3)24-14(23)22(16)13-12(17-9-7-5-4-6-8-9)18-10-11(19-13)21-25-20-10/h4-8H,16H2,1-3H3,(H,17,18,20). The third-order valence-corrected chi connectivity index (χ3v) is 2.95. The molecule has 1 amide bonds. The number of para-hydroxylation sites is 1. The summed E-state index contributed by atoms with van der Waals surface area (Å²) in [6.45, 7) is 5.20. The molecule has 3 N–H and O–H groups in total. The van der Waals surface area contributed by atoms with E-state index in [4.69, 9.17) is 10.6 Å². The quantitative estimate of drug-likeness (QED) is 0.417. The molecule has 3 aromatic rings. The summed E-state index contributed by atoms with van der Waals surface area (Å²) < 4.78 is 9.88. The van der Waals surface area contributed by atoms with Crippen molar-refractivity contribution in [1.82, 2.24) is 20.3 Å². The molecule has 2 heterocycles. The maximum Gasteiger partial charge on any atom is 0.430 e. The van der Waals surface area contributed by atoms with E-state index in [2.05, 4.69) is 30.2 Å². The molecule has 0 radical (unpaired) electrons. The van der Waals surface area contributed by atoms with Crippen LogP contribution < -0.4 is 16.2 Å². The number of ether oxygens (including phenoxy) is 1. The molecule has 0 aliphatic rings. The highest BCUT2D eigenvalue weighted by Gasteiger charge is 2.26. The Labute approximate surface area is 142 Å². The first kappa shape index (κ1) is 16.6. The number of aromatic nitrogens is 4. The van der Waals surface area contributed by atoms with E-state index in [0.29, 0.717) is 0 Å². The molecular formula is C15H17N7O3. The minimum atomic E-state index is -0.784. The molecule has 25 heavy (non-hydrogen) atoms. The maximum absolute atomic E-state index is 12.3. The average Bonchev–Trinajstić information content (AvgIpc) is 3.00. The van der Waals surface area contributed by atoms with E-state index in [0.717, 1.165) is 10.7 Å². The number of benzene rings is 1. The van der Waals surface area contributed by atoms with E-state index in [1.807, 2.05) is 30.3 Å². The molecule has 0 atom stereocenters. The van der Waals surface area contributed by atoms with Crippen molar-refractivity contribution in [3.63, 3.8) is 0 Å². The molecule has 0 saturated carbocycles. The number of rotatable bonds is 3. The Morgan fingerprint density at radius 3 is 2.44 bits per heavy atom. The zero-order valence-electron chi connectivity index (χ0n) is 13.9. The average molecular weight is 343 g/mol. The van der Waals surface area contributed by atoms with E-state index < -0.39 is 11.7 Å². The Morgan fingerprint density at radius 2 is 1.80 bits per heavy atom. The van der Waals surface area contributed by atoms with Crippen molar-refractivity contribution >= 4 is 34.7 Å². The minimum Gasteiger partial charge on any atom is -0.442 e. The SMILES string of the molecule is CC(C)(C)OC(=O)N(N)c1nc2nonc2nc1Nc1ccccc1. The van der Waals surface area contributed by atoms with Gasteiger partial charge >= 0.3 is 6.09 Å². The summed E-state index contributed by atoms with van der Waals surface area (Å²) in [5.41, 5.74) is 0.313. The highest BCUT2D eigenvalue weighted by atomic mass is 16.6. The van der Waals surface area contributed by atoms with E-state index in [9.17, 15) is 4.79 Å². The van der Waals surface area contributed by atoms with Crippen LogP contribution in [0, 0.1) is 0 Å². The Hall–Kier alpha value is -3.27. The van der Waals surface area contributed by atoms with Crippen LogP contribution in [0.5, 0.6) is 0 Å². The van der Waals surface area contributed by atoms with E-state index in [1.165, 1.54) is 0 Å². The summed E-state index contributed by atoms with van der Waals surface area (Å²) in [4.78, 5) is 20.7. The Bertz CT molecular complexity index is 889. The van der Waals surface area contributed by atoms with E-state index in [-0.39, 0.29) is 22.9 Å². The number of hydrogen-bond acceptors (Lipinski definition) is 9. The van der Waals surface area contributed by atoms with Crippen LogP contribution in [-0.2, 0) is 4.74 Å². The molecule has 130 valence electrons. The molecule has 0 spiro atoms. The molecule has 3 rings (SSSR count). The lowest BCUT2D eigenvalue weighted by Gasteiger charge is -2.24. The van der Waals surface area contributed by atoms with Gasteiger partial charge in [0.15, 0.2) is 11.6 Å². The van der Waals surface area contributed by atoms with Gasteiger partial charge in [0.05, 0.1) is 0 Å². The summed E-state index contributed by atoms with van der Waals surface area (Å²) in [5.74, 6) is 6.14. The van der Waals surface area contributed by atoms with Crippen LogP contribution in [0.2, 0.25) is 0 Å². The molecule has 0 unspecified atom stereocenters. The third-order valence-electron chi connectivity index (χ3n) is 2.95. The minimum absolute atomic E-state index is 0.0290. The van der Waals surface area contributed by atoms with Crippen LogP contribution >= 0.6 is 0 Å². The predicted molar refractivity (Wildman–Crippen MR) is 90.0 cm³/mol. The number of nitrogens with one attached hydrogen (secondary N) is 1. The Kier molecular flexibility index (Phi) is 4.19. The van der Waals surface area contributed by atoms with Crippen LogP contribution in [0.3, 0.4) is 0 Å². The van der Waals surface area contributed by atoms with Crippen molar-refractivity contribution in [2.24, 2.45) is 5.84 Å². The highest BCUT2D eigenvalue weighted by Crippen LogP contribution is 2.26. The number of nitrogens with two attached hydrogens (primary N) is 1. The van der Waals surface area contributed by atoms with Crippen molar-refractivity contribution < 1.29 is 14.2 Å². The second-order valence-corrected chi connectivity index (χ2v) is 6.15. The molecule has 1 aromatic carbocycles. The van der Waals surface area contributed by atoms with Gasteiger partial charge in [-0.15, -0.1) is 0 Å². The lowest BCUT2D eigenvalue weighted by Crippen LogP contribution is -2.42. The number of carbonyl (C=O) groups is 1. The number of fused-ring (bicyclic) bond motifs is 1. The summed E-state index contributed by atoms with van der Waals surface area (Å²) in [7, 11) is 0. The number of hydrazine groups is 1. The number of nitrogens with zero attached hydrogens (tertiary/aromatic N) is 5. The third kappa shape index (κ3) is 3.80. The number of amides is 1. The normalized spacial score (nSPS) is 11.4. The summed E-state index contributed by atoms with van der Waals surface area (Å²) in [6, 6.07) is 9.22. The number of hydrogen-bond donors (Lipinski definition) is 2. The molecule has 0 bridgehead atoms. The predicted octanol–water partition coefficient (Wildman–Crippen LogP) is 2.37. The van der Waals surface area contributed by atoms with Crippen molar-refractivity contribution in [3.8, 4) is 0 Å². The van der Waals surface area contributed by atoms with Crippen LogP contribution in [0.1, 0.15) is 20.8 Å². The zero-order chi connectivity index (χ0) is 18.0. The van der Waals surface area contributed by atoms with Gasteiger partial charge in [-0.25, -0.2) is 20.3 Å². The van der Waals surface area contributed by atoms with Gasteiger partial charge in [0.25, 0.3) is 0 Å². The molecule has 10 heteroatoms. The van der Waals surface area contributed by atoms with Gasteiger partial charge < -0.3 is 10.1 Å². The van der Waals surface area contributed by atoms with Gasteiger partial charge in [-0.2, -0.15) is 9.99 Å². The lowest BCUT2D eigenvalue weighted by atomic mass is 10.2. The van der Waals surface area contributed by atoms with Crippen LogP contribution in [0.4, 0.5) is 22.1 Å². The smallest absolute Gasteiger partial charge is 0.430 e. The van der Waals surface area contributed by atoms with Gasteiger partial charge in [0.1, 0.15) is 5.60 Å². The van der Waals surface area contributed by atoms with Crippen molar-refractivity contribution in [1.29, 1.82) is 0 Å². The summed E-state index contributed by atoms with van der Waals surface area (Å²) >= 11 is 0. The molecule has 0 fully saturated rings. The topological polar surface area (TPSA) is 132 Å². The molecule has 2 aromatic heterocycles. The fraction of sp³-hybridized carbons (Fsp3) is 0.267. The van der Waals surface area contributed by atoms with Gasteiger partial charge in [0.2, 0.25) is 11.3 Å². The van der Waals surface area contributed by atoms with Crippen molar-refractivity contribution in [3.05, 3.63) is 30.3 Å².